The minimum atomic E-state index is -0.399. The number of carbonyl (C=O) groups excluding carboxylic acids is 1. The lowest BCUT2D eigenvalue weighted by molar-refractivity contribution is -0.115. The largest absolute Gasteiger partial charge is 0.345 e. The number of aromatic nitrogens is 4. The first-order valence-electron chi connectivity index (χ1n) is 5.41. The Bertz CT molecular complexity index is 589. The number of anilines is 1. The predicted octanol–water partition coefficient (Wildman–Crippen LogP) is 0.291. The number of aryl methyl sites for hydroxylation is 2. The van der Waals surface area contributed by atoms with Gasteiger partial charge in [-0.25, -0.2) is 4.79 Å². The van der Waals surface area contributed by atoms with E-state index in [9.17, 15) is 9.59 Å². The number of amides is 1. The molecule has 0 unspecified atom stereocenters. The van der Waals surface area contributed by atoms with Crippen molar-refractivity contribution in [2.75, 3.05) is 5.32 Å². The topological polar surface area (TPSA) is 104 Å². The highest BCUT2D eigenvalue weighted by molar-refractivity contribution is 5.92. The van der Waals surface area contributed by atoms with Gasteiger partial charge in [0.15, 0.2) is 0 Å². The summed E-state index contributed by atoms with van der Waals surface area (Å²) in [5, 5.41) is 9.02. The number of hydrogen-bond donors (Lipinski definition) is 3. The summed E-state index contributed by atoms with van der Waals surface area (Å²) >= 11 is 0. The molecule has 7 nitrogen and oxygen atoms in total. The highest BCUT2D eigenvalue weighted by Crippen LogP contribution is 2.09. The highest BCUT2D eigenvalue weighted by Gasteiger charge is 2.11. The second-order valence-electron chi connectivity index (χ2n) is 3.94. The molecule has 2 aromatic rings. The predicted molar refractivity (Wildman–Crippen MR) is 65.3 cm³/mol. The maximum atomic E-state index is 11.8. The van der Waals surface area contributed by atoms with Gasteiger partial charge in [0, 0.05) is 23.1 Å². The van der Waals surface area contributed by atoms with E-state index in [1.165, 1.54) is 6.20 Å². The Labute approximate surface area is 103 Å². The zero-order valence-corrected chi connectivity index (χ0v) is 10.1. The van der Waals surface area contributed by atoms with Crippen LogP contribution in [0.3, 0.4) is 0 Å². The van der Waals surface area contributed by atoms with E-state index in [0.29, 0.717) is 17.1 Å². The molecule has 0 aromatic carbocycles. The van der Waals surface area contributed by atoms with E-state index in [2.05, 4.69) is 25.5 Å². The molecule has 0 aliphatic rings. The van der Waals surface area contributed by atoms with Crippen molar-refractivity contribution in [3.63, 3.8) is 0 Å². The molecule has 0 aliphatic heterocycles. The molecule has 0 saturated carbocycles. The van der Waals surface area contributed by atoms with Crippen LogP contribution < -0.4 is 11.0 Å². The lowest BCUT2D eigenvalue weighted by atomic mass is 10.1. The van der Waals surface area contributed by atoms with Crippen LogP contribution in [0.1, 0.15) is 17.0 Å². The number of aromatic amines is 2. The quantitative estimate of drug-likeness (QED) is 0.725. The van der Waals surface area contributed by atoms with E-state index >= 15 is 0 Å². The normalized spacial score (nSPS) is 10.3. The zero-order valence-electron chi connectivity index (χ0n) is 10.1. The Balaban J connectivity index is 2.14. The number of hydrogen-bond acceptors (Lipinski definition) is 4. The summed E-state index contributed by atoms with van der Waals surface area (Å²) in [4.78, 5) is 29.3. The highest BCUT2D eigenvalue weighted by atomic mass is 16.1. The molecule has 3 N–H and O–H groups in total. The van der Waals surface area contributed by atoms with Crippen molar-refractivity contribution in [3.8, 4) is 0 Å². The van der Waals surface area contributed by atoms with Gasteiger partial charge in [0.05, 0.1) is 18.3 Å². The lowest BCUT2D eigenvalue weighted by Gasteiger charge is -2.07. The van der Waals surface area contributed by atoms with Crippen LogP contribution in [-0.4, -0.2) is 26.1 Å². The second-order valence-corrected chi connectivity index (χ2v) is 3.94. The van der Waals surface area contributed by atoms with Crippen molar-refractivity contribution >= 4 is 11.6 Å². The van der Waals surface area contributed by atoms with Gasteiger partial charge in [0.25, 0.3) is 0 Å². The molecule has 0 saturated heterocycles. The maximum absolute atomic E-state index is 11.8. The van der Waals surface area contributed by atoms with Crippen LogP contribution in [0.15, 0.2) is 17.2 Å². The van der Waals surface area contributed by atoms with Gasteiger partial charge in [-0.1, -0.05) is 0 Å². The van der Waals surface area contributed by atoms with E-state index in [0.717, 1.165) is 5.56 Å². The molecule has 2 rings (SSSR count). The molecule has 2 heterocycles. The molecule has 0 fully saturated rings. The number of nitrogens with zero attached hydrogens (tertiary/aromatic N) is 2. The molecule has 0 spiro atoms. The van der Waals surface area contributed by atoms with Gasteiger partial charge in [-0.2, -0.15) is 10.1 Å². The van der Waals surface area contributed by atoms with Crippen molar-refractivity contribution in [3.05, 3.63) is 39.8 Å². The van der Waals surface area contributed by atoms with Gasteiger partial charge < -0.3 is 10.3 Å². The van der Waals surface area contributed by atoms with Crippen LogP contribution in [0, 0.1) is 13.8 Å². The van der Waals surface area contributed by atoms with Gasteiger partial charge in [0.2, 0.25) is 5.91 Å². The van der Waals surface area contributed by atoms with Crippen LogP contribution in [-0.2, 0) is 11.2 Å². The first-order valence-corrected chi connectivity index (χ1v) is 5.41. The van der Waals surface area contributed by atoms with Gasteiger partial charge in [-0.05, 0) is 13.8 Å². The van der Waals surface area contributed by atoms with Gasteiger partial charge in [-0.3, -0.25) is 9.89 Å². The summed E-state index contributed by atoms with van der Waals surface area (Å²) < 4.78 is 0. The fourth-order valence-corrected chi connectivity index (χ4v) is 1.70. The van der Waals surface area contributed by atoms with Gasteiger partial charge in [0.1, 0.15) is 0 Å². The maximum Gasteiger partial charge on any atom is 0.345 e. The molecule has 94 valence electrons. The fourth-order valence-electron chi connectivity index (χ4n) is 1.70. The summed E-state index contributed by atoms with van der Waals surface area (Å²) in [6, 6.07) is 0. The Morgan fingerprint density at radius 2 is 2.22 bits per heavy atom. The van der Waals surface area contributed by atoms with E-state index < -0.39 is 5.69 Å². The number of carbonyl (C=O) groups is 1. The Morgan fingerprint density at radius 3 is 2.83 bits per heavy atom. The summed E-state index contributed by atoms with van der Waals surface area (Å²) in [6.45, 7) is 3.46. The molecule has 0 aliphatic carbocycles. The van der Waals surface area contributed by atoms with Crippen LogP contribution >= 0.6 is 0 Å². The first-order chi connectivity index (χ1) is 8.56. The van der Waals surface area contributed by atoms with Crippen molar-refractivity contribution in [2.24, 2.45) is 0 Å². The molecule has 18 heavy (non-hydrogen) atoms. The van der Waals surface area contributed by atoms with Crippen molar-refractivity contribution in [1.82, 2.24) is 20.2 Å². The third-order valence-corrected chi connectivity index (χ3v) is 2.57. The SMILES string of the molecule is Cc1nc(=O)[nH]c(C)c1CC(=O)Nc1cn[nH]c1. The average molecular weight is 247 g/mol. The summed E-state index contributed by atoms with van der Waals surface area (Å²) in [5.41, 5.74) is 2.17. The molecule has 0 radical (unpaired) electrons. The molecule has 0 atom stereocenters. The lowest BCUT2D eigenvalue weighted by Crippen LogP contribution is -2.20. The Hall–Kier alpha value is -2.44. The fraction of sp³-hybridized carbons (Fsp3) is 0.273. The first kappa shape index (κ1) is 12.0. The van der Waals surface area contributed by atoms with Gasteiger partial charge in [-0.15, -0.1) is 0 Å². The second kappa shape index (κ2) is 4.82. The number of H-pyrrole nitrogens is 2. The molecule has 2 aromatic heterocycles. The van der Waals surface area contributed by atoms with Crippen LogP contribution in [0.2, 0.25) is 0 Å². The van der Waals surface area contributed by atoms with Gasteiger partial charge >= 0.3 is 5.69 Å². The minimum Gasteiger partial charge on any atom is -0.323 e. The minimum absolute atomic E-state index is 0.159. The van der Waals surface area contributed by atoms with Crippen LogP contribution in [0.25, 0.3) is 0 Å². The number of nitrogens with one attached hydrogen (secondary N) is 3. The monoisotopic (exact) mass is 247 g/mol. The molecular weight excluding hydrogens is 234 g/mol. The summed E-state index contributed by atoms with van der Waals surface area (Å²) in [6.07, 6.45) is 3.26. The van der Waals surface area contributed by atoms with Crippen molar-refractivity contribution in [1.29, 1.82) is 0 Å². The van der Waals surface area contributed by atoms with Crippen molar-refractivity contribution < 1.29 is 4.79 Å². The molecule has 0 bridgehead atoms. The van der Waals surface area contributed by atoms with Crippen LogP contribution in [0.4, 0.5) is 5.69 Å². The van der Waals surface area contributed by atoms with E-state index in [-0.39, 0.29) is 12.3 Å². The third-order valence-electron chi connectivity index (χ3n) is 2.57. The molecule has 1 amide bonds. The van der Waals surface area contributed by atoms with E-state index in [1.807, 2.05) is 0 Å². The zero-order chi connectivity index (χ0) is 13.1. The standard InChI is InChI=1S/C11H13N5O2/c1-6-9(7(2)15-11(18)14-6)3-10(17)16-8-4-12-13-5-8/h4-5H,3H2,1-2H3,(H,12,13)(H,16,17)(H,14,15,18). The smallest absolute Gasteiger partial charge is 0.323 e. The third kappa shape index (κ3) is 2.62. The van der Waals surface area contributed by atoms with Crippen molar-refractivity contribution in [2.45, 2.75) is 20.3 Å². The Kier molecular flexibility index (Phi) is 3.22. The average Bonchev–Trinajstić information content (AvgIpc) is 2.76. The molecule has 7 heteroatoms. The van der Waals surface area contributed by atoms with Crippen LogP contribution in [0.5, 0.6) is 0 Å². The summed E-state index contributed by atoms with van der Waals surface area (Å²) in [5.74, 6) is -0.184. The number of rotatable bonds is 3. The van der Waals surface area contributed by atoms with E-state index in [4.69, 9.17) is 0 Å². The summed E-state index contributed by atoms with van der Waals surface area (Å²) in [7, 11) is 0. The Morgan fingerprint density at radius 1 is 1.44 bits per heavy atom. The van der Waals surface area contributed by atoms with E-state index in [1.54, 1.807) is 20.0 Å². The molecular formula is C11H13N5O2.